The van der Waals surface area contributed by atoms with E-state index in [0.717, 1.165) is 38.1 Å². The second-order valence-corrected chi connectivity index (χ2v) is 4.82. The smallest absolute Gasteiger partial charge is 0.253 e. The van der Waals surface area contributed by atoms with Crippen LogP contribution in [-0.2, 0) is 4.74 Å². The van der Waals surface area contributed by atoms with E-state index in [1.165, 1.54) is 0 Å². The van der Waals surface area contributed by atoms with Crippen molar-refractivity contribution < 1.29 is 9.53 Å². The molecule has 1 saturated heterocycles. The zero-order valence-electron chi connectivity index (χ0n) is 11.4. The maximum atomic E-state index is 12.2. The SMILES string of the molecule is CCCNc1ccccc1C(=O)NCC1CCCO1. The fourth-order valence-corrected chi connectivity index (χ4v) is 2.20. The quantitative estimate of drug-likeness (QED) is 0.827. The lowest BCUT2D eigenvalue weighted by Gasteiger charge is -2.13. The fourth-order valence-electron chi connectivity index (χ4n) is 2.20. The summed E-state index contributed by atoms with van der Waals surface area (Å²) in [5.41, 5.74) is 1.60. The van der Waals surface area contributed by atoms with E-state index in [9.17, 15) is 4.79 Å². The number of hydrogen-bond donors (Lipinski definition) is 2. The van der Waals surface area contributed by atoms with Crippen molar-refractivity contribution in [2.45, 2.75) is 32.3 Å². The average molecular weight is 262 g/mol. The van der Waals surface area contributed by atoms with E-state index < -0.39 is 0 Å². The minimum absolute atomic E-state index is 0.0327. The van der Waals surface area contributed by atoms with Crippen molar-refractivity contribution in [3.05, 3.63) is 29.8 Å². The third kappa shape index (κ3) is 3.96. The highest BCUT2D eigenvalue weighted by Gasteiger charge is 2.17. The van der Waals surface area contributed by atoms with Gasteiger partial charge in [0.15, 0.2) is 0 Å². The highest BCUT2D eigenvalue weighted by molar-refractivity contribution is 5.99. The molecule has 0 aliphatic carbocycles. The van der Waals surface area contributed by atoms with Gasteiger partial charge in [-0.25, -0.2) is 0 Å². The van der Waals surface area contributed by atoms with Crippen LogP contribution in [0.2, 0.25) is 0 Å². The number of hydrogen-bond acceptors (Lipinski definition) is 3. The van der Waals surface area contributed by atoms with E-state index >= 15 is 0 Å². The Kier molecular flexibility index (Phi) is 5.21. The third-order valence-electron chi connectivity index (χ3n) is 3.25. The van der Waals surface area contributed by atoms with Gasteiger partial charge in [0.25, 0.3) is 5.91 Å². The summed E-state index contributed by atoms with van der Waals surface area (Å²) in [4.78, 5) is 12.2. The first-order valence-electron chi connectivity index (χ1n) is 7.04. The largest absolute Gasteiger partial charge is 0.384 e. The molecule has 104 valence electrons. The van der Waals surface area contributed by atoms with Crippen molar-refractivity contribution in [1.29, 1.82) is 0 Å². The van der Waals surface area contributed by atoms with Crippen LogP contribution in [0.5, 0.6) is 0 Å². The number of carbonyl (C=O) groups is 1. The number of benzene rings is 1. The van der Waals surface area contributed by atoms with Gasteiger partial charge < -0.3 is 15.4 Å². The van der Waals surface area contributed by atoms with Gasteiger partial charge in [-0.15, -0.1) is 0 Å². The molecular weight excluding hydrogens is 240 g/mol. The van der Waals surface area contributed by atoms with Crippen molar-refractivity contribution in [3.8, 4) is 0 Å². The topological polar surface area (TPSA) is 50.4 Å². The fraction of sp³-hybridized carbons (Fsp3) is 0.533. The summed E-state index contributed by atoms with van der Waals surface area (Å²) in [6.45, 7) is 4.39. The molecule has 1 heterocycles. The van der Waals surface area contributed by atoms with Gasteiger partial charge in [-0.3, -0.25) is 4.79 Å². The summed E-state index contributed by atoms with van der Waals surface area (Å²) in [5, 5.41) is 6.23. The Morgan fingerprint density at radius 1 is 1.42 bits per heavy atom. The Morgan fingerprint density at radius 3 is 3.00 bits per heavy atom. The van der Waals surface area contributed by atoms with Crippen molar-refractivity contribution in [2.75, 3.05) is 25.0 Å². The van der Waals surface area contributed by atoms with Crippen LogP contribution in [0.3, 0.4) is 0 Å². The molecular formula is C15H22N2O2. The van der Waals surface area contributed by atoms with Crippen LogP contribution >= 0.6 is 0 Å². The maximum absolute atomic E-state index is 12.2. The Bertz CT molecular complexity index is 414. The van der Waals surface area contributed by atoms with Crippen molar-refractivity contribution in [3.63, 3.8) is 0 Å². The minimum atomic E-state index is -0.0327. The van der Waals surface area contributed by atoms with E-state index in [2.05, 4.69) is 17.6 Å². The normalized spacial score (nSPS) is 18.3. The Hall–Kier alpha value is -1.55. The van der Waals surface area contributed by atoms with E-state index in [4.69, 9.17) is 4.74 Å². The molecule has 1 aliphatic heterocycles. The summed E-state index contributed by atoms with van der Waals surface area (Å²) in [6.07, 6.45) is 3.34. The van der Waals surface area contributed by atoms with Gasteiger partial charge in [0.05, 0.1) is 11.7 Å². The second-order valence-electron chi connectivity index (χ2n) is 4.82. The molecule has 1 aromatic carbocycles. The van der Waals surface area contributed by atoms with Gasteiger partial charge >= 0.3 is 0 Å². The number of nitrogens with one attached hydrogen (secondary N) is 2. The molecule has 0 aromatic heterocycles. The maximum Gasteiger partial charge on any atom is 0.253 e. The monoisotopic (exact) mass is 262 g/mol. The molecule has 2 rings (SSSR count). The summed E-state index contributed by atoms with van der Waals surface area (Å²) in [7, 11) is 0. The van der Waals surface area contributed by atoms with Crippen LogP contribution in [0.15, 0.2) is 24.3 Å². The first-order valence-corrected chi connectivity index (χ1v) is 7.04. The number of para-hydroxylation sites is 1. The molecule has 4 nitrogen and oxygen atoms in total. The third-order valence-corrected chi connectivity index (χ3v) is 3.25. The molecule has 0 saturated carbocycles. The number of ether oxygens (including phenoxy) is 1. The number of amides is 1. The van der Waals surface area contributed by atoms with Gasteiger partial charge in [0, 0.05) is 25.4 Å². The lowest BCUT2D eigenvalue weighted by Crippen LogP contribution is -2.32. The van der Waals surface area contributed by atoms with Gasteiger partial charge in [-0.05, 0) is 31.4 Å². The van der Waals surface area contributed by atoms with Gasteiger partial charge in [-0.2, -0.15) is 0 Å². The molecule has 2 N–H and O–H groups in total. The molecule has 4 heteroatoms. The summed E-state index contributed by atoms with van der Waals surface area (Å²) in [5.74, 6) is -0.0327. The molecule has 0 bridgehead atoms. The predicted octanol–water partition coefficient (Wildman–Crippen LogP) is 2.42. The Morgan fingerprint density at radius 2 is 2.26 bits per heavy atom. The molecule has 19 heavy (non-hydrogen) atoms. The van der Waals surface area contributed by atoms with Gasteiger partial charge in [-0.1, -0.05) is 19.1 Å². The molecule has 1 fully saturated rings. The predicted molar refractivity (Wildman–Crippen MR) is 76.5 cm³/mol. The van der Waals surface area contributed by atoms with E-state index in [0.29, 0.717) is 12.1 Å². The molecule has 1 amide bonds. The molecule has 1 aromatic rings. The van der Waals surface area contributed by atoms with Crippen LogP contribution in [0.25, 0.3) is 0 Å². The minimum Gasteiger partial charge on any atom is -0.384 e. The summed E-state index contributed by atoms with van der Waals surface area (Å²) < 4.78 is 5.50. The zero-order valence-corrected chi connectivity index (χ0v) is 11.4. The van der Waals surface area contributed by atoms with Crippen LogP contribution in [0.1, 0.15) is 36.5 Å². The lowest BCUT2D eigenvalue weighted by molar-refractivity contribution is 0.0858. The number of carbonyl (C=O) groups excluding carboxylic acids is 1. The summed E-state index contributed by atoms with van der Waals surface area (Å²) in [6, 6.07) is 7.62. The Labute approximate surface area is 114 Å². The Balaban J connectivity index is 1.93. The van der Waals surface area contributed by atoms with E-state index in [-0.39, 0.29) is 12.0 Å². The van der Waals surface area contributed by atoms with Crippen molar-refractivity contribution in [1.82, 2.24) is 5.32 Å². The van der Waals surface area contributed by atoms with Gasteiger partial charge in [0.1, 0.15) is 0 Å². The molecule has 1 aliphatic rings. The van der Waals surface area contributed by atoms with E-state index in [1.807, 2.05) is 24.3 Å². The van der Waals surface area contributed by atoms with Gasteiger partial charge in [0.2, 0.25) is 0 Å². The first kappa shape index (κ1) is 13.9. The van der Waals surface area contributed by atoms with Crippen LogP contribution in [0.4, 0.5) is 5.69 Å². The van der Waals surface area contributed by atoms with Crippen LogP contribution in [0, 0.1) is 0 Å². The lowest BCUT2D eigenvalue weighted by atomic mass is 10.1. The first-order chi connectivity index (χ1) is 9.31. The van der Waals surface area contributed by atoms with Crippen molar-refractivity contribution >= 4 is 11.6 Å². The number of anilines is 1. The van der Waals surface area contributed by atoms with Crippen LogP contribution in [-0.4, -0.2) is 31.7 Å². The molecule has 0 radical (unpaired) electrons. The zero-order chi connectivity index (χ0) is 13.5. The standard InChI is InChI=1S/C15H22N2O2/c1-2-9-16-14-8-4-3-7-13(14)15(18)17-11-12-6-5-10-19-12/h3-4,7-8,12,16H,2,5-6,9-11H2,1H3,(H,17,18). The molecule has 1 atom stereocenters. The van der Waals surface area contributed by atoms with Crippen molar-refractivity contribution in [2.24, 2.45) is 0 Å². The molecule has 1 unspecified atom stereocenters. The highest BCUT2D eigenvalue weighted by atomic mass is 16.5. The van der Waals surface area contributed by atoms with Crippen LogP contribution < -0.4 is 10.6 Å². The highest BCUT2D eigenvalue weighted by Crippen LogP contribution is 2.15. The molecule has 0 spiro atoms. The summed E-state index contributed by atoms with van der Waals surface area (Å²) >= 11 is 0. The second kappa shape index (κ2) is 7.14. The van der Waals surface area contributed by atoms with E-state index in [1.54, 1.807) is 0 Å². The average Bonchev–Trinajstić information content (AvgIpc) is 2.96. The number of rotatable bonds is 6.